The average Bonchev–Trinajstić information content (AvgIpc) is 3.55. The molecule has 1 unspecified atom stereocenters. The fraction of sp³-hybridized carbons (Fsp3) is 0.261. The third kappa shape index (κ3) is 2.85. The molecule has 8 nitrogen and oxygen atoms in total. The van der Waals surface area contributed by atoms with Gasteiger partial charge in [-0.2, -0.15) is 5.10 Å². The Morgan fingerprint density at radius 3 is 2.72 bits per heavy atom. The zero-order valence-electron chi connectivity index (χ0n) is 17.3. The summed E-state index contributed by atoms with van der Waals surface area (Å²) in [7, 11) is 0. The maximum Gasteiger partial charge on any atom is 0.177 e. The SMILES string of the molecule is Cc1c(-c2cnc(N)c3oc(-c4csc5cnccc45)cc23)cnn1C1C[C@@H](O)[C@@H](O)C1. The number of aliphatic hydroxyl groups is 2. The first kappa shape index (κ1) is 19.4. The molecule has 1 aliphatic rings. The molecule has 9 heteroatoms. The summed E-state index contributed by atoms with van der Waals surface area (Å²) in [6.07, 6.45) is 6.70. The molecule has 0 amide bonds. The van der Waals surface area contributed by atoms with Gasteiger partial charge in [-0.15, -0.1) is 11.3 Å². The molecule has 1 aliphatic carbocycles. The topological polar surface area (TPSA) is 123 Å². The molecule has 5 aromatic rings. The number of rotatable bonds is 3. The molecule has 3 atom stereocenters. The molecule has 1 fully saturated rings. The number of nitrogens with zero attached hydrogens (tertiary/aromatic N) is 4. The summed E-state index contributed by atoms with van der Waals surface area (Å²) in [6.45, 7) is 1.99. The highest BCUT2D eigenvalue weighted by atomic mass is 32.1. The minimum atomic E-state index is -0.719. The molecule has 0 radical (unpaired) electrons. The number of anilines is 1. The lowest BCUT2D eigenvalue weighted by molar-refractivity contribution is 0.0438. The first-order valence-corrected chi connectivity index (χ1v) is 11.3. The number of hydrogen-bond acceptors (Lipinski definition) is 8. The summed E-state index contributed by atoms with van der Waals surface area (Å²) in [5.74, 6) is 1.06. The number of pyridine rings is 2. The van der Waals surface area contributed by atoms with E-state index in [2.05, 4.69) is 20.4 Å². The number of fused-ring (bicyclic) bond motifs is 2. The molecule has 4 N–H and O–H groups in total. The van der Waals surface area contributed by atoms with Crippen LogP contribution in [0.15, 0.2) is 46.7 Å². The van der Waals surface area contributed by atoms with E-state index >= 15 is 0 Å². The van der Waals surface area contributed by atoms with Gasteiger partial charge in [0.05, 0.1) is 29.1 Å². The first-order chi connectivity index (χ1) is 15.5. The number of aliphatic hydroxyl groups excluding tert-OH is 2. The Morgan fingerprint density at radius 1 is 1.09 bits per heavy atom. The van der Waals surface area contributed by atoms with E-state index in [-0.39, 0.29) is 6.04 Å². The molecule has 162 valence electrons. The van der Waals surface area contributed by atoms with E-state index in [9.17, 15) is 10.2 Å². The number of furan rings is 1. The lowest BCUT2D eigenvalue weighted by atomic mass is 10.0. The van der Waals surface area contributed by atoms with Crippen molar-refractivity contribution in [1.82, 2.24) is 19.7 Å². The van der Waals surface area contributed by atoms with E-state index in [1.54, 1.807) is 29.9 Å². The highest BCUT2D eigenvalue weighted by Crippen LogP contribution is 2.41. The Balaban J connectivity index is 1.48. The van der Waals surface area contributed by atoms with Gasteiger partial charge < -0.3 is 20.4 Å². The van der Waals surface area contributed by atoms with Crippen molar-refractivity contribution < 1.29 is 14.6 Å². The van der Waals surface area contributed by atoms with Gasteiger partial charge in [0, 0.05) is 57.1 Å². The van der Waals surface area contributed by atoms with E-state index < -0.39 is 12.2 Å². The van der Waals surface area contributed by atoms with Crippen LogP contribution in [0.25, 0.3) is 43.5 Å². The van der Waals surface area contributed by atoms with Gasteiger partial charge in [0.2, 0.25) is 0 Å². The third-order valence-electron chi connectivity index (χ3n) is 6.38. The quantitative estimate of drug-likeness (QED) is 0.383. The second kappa shape index (κ2) is 7.13. The molecule has 0 bridgehead atoms. The summed E-state index contributed by atoms with van der Waals surface area (Å²) in [5.41, 5.74) is 10.5. The van der Waals surface area contributed by atoms with Crippen molar-refractivity contribution in [3.8, 4) is 22.5 Å². The van der Waals surface area contributed by atoms with Crippen LogP contribution in [0.1, 0.15) is 24.6 Å². The fourth-order valence-corrected chi connectivity index (χ4v) is 5.60. The standard InChI is InChI=1S/C23H21N5O3S/c1-11-15(8-27-28(11)12-4-18(29)19(30)5-12)16-7-26-23(24)22-14(16)6-20(31-22)17-10-32-21-9-25-3-2-13(17)21/h2-3,6-10,12,18-19,29-30H,4-5H2,1H3,(H2,24,26)/t12?,18-,19+. The lowest BCUT2D eigenvalue weighted by Crippen LogP contribution is -2.17. The largest absolute Gasteiger partial charge is 0.452 e. The van der Waals surface area contributed by atoms with Crippen LogP contribution in [0.5, 0.6) is 0 Å². The molecule has 5 heterocycles. The molecule has 32 heavy (non-hydrogen) atoms. The summed E-state index contributed by atoms with van der Waals surface area (Å²) in [6, 6.07) is 3.94. The summed E-state index contributed by atoms with van der Waals surface area (Å²) < 4.78 is 9.17. The van der Waals surface area contributed by atoms with Gasteiger partial charge in [0.15, 0.2) is 11.4 Å². The number of aromatic nitrogens is 4. The summed E-state index contributed by atoms with van der Waals surface area (Å²) in [5, 5.41) is 28.5. The fourth-order valence-electron chi connectivity index (χ4n) is 4.69. The second-order valence-corrected chi connectivity index (χ2v) is 9.19. The van der Waals surface area contributed by atoms with E-state index in [0.29, 0.717) is 24.2 Å². The van der Waals surface area contributed by atoms with Crippen molar-refractivity contribution in [2.45, 2.75) is 38.0 Å². The van der Waals surface area contributed by atoms with Crippen molar-refractivity contribution in [3.05, 3.63) is 48.0 Å². The van der Waals surface area contributed by atoms with Crippen molar-refractivity contribution in [3.63, 3.8) is 0 Å². The van der Waals surface area contributed by atoms with Crippen LogP contribution in [0, 0.1) is 6.92 Å². The van der Waals surface area contributed by atoms with Crippen LogP contribution in [-0.2, 0) is 0 Å². The number of thiophene rings is 1. The Morgan fingerprint density at radius 2 is 1.91 bits per heavy atom. The highest BCUT2D eigenvalue weighted by Gasteiger charge is 2.34. The van der Waals surface area contributed by atoms with Gasteiger partial charge >= 0.3 is 0 Å². The molecular formula is C23H21N5O3S. The zero-order chi connectivity index (χ0) is 22.0. The van der Waals surface area contributed by atoms with Gasteiger partial charge in [-0.25, -0.2) is 4.98 Å². The zero-order valence-corrected chi connectivity index (χ0v) is 18.1. The molecule has 0 saturated heterocycles. The molecule has 1 saturated carbocycles. The van der Waals surface area contributed by atoms with Crippen LogP contribution in [0.2, 0.25) is 0 Å². The maximum atomic E-state index is 9.95. The van der Waals surface area contributed by atoms with Gasteiger partial charge in [0.25, 0.3) is 0 Å². The van der Waals surface area contributed by atoms with Crippen molar-refractivity contribution in [2.24, 2.45) is 0 Å². The van der Waals surface area contributed by atoms with Crippen molar-refractivity contribution in [1.29, 1.82) is 0 Å². The average molecular weight is 448 g/mol. The predicted octanol–water partition coefficient (Wildman–Crippen LogP) is 3.92. The number of nitrogen functional groups attached to an aromatic ring is 1. The van der Waals surface area contributed by atoms with Crippen LogP contribution in [0.4, 0.5) is 5.82 Å². The third-order valence-corrected chi connectivity index (χ3v) is 7.32. The molecule has 0 spiro atoms. The molecule has 5 aromatic heterocycles. The second-order valence-electron chi connectivity index (χ2n) is 8.28. The van der Waals surface area contributed by atoms with E-state index in [1.165, 1.54) is 0 Å². The molecule has 6 rings (SSSR count). The maximum absolute atomic E-state index is 9.95. The van der Waals surface area contributed by atoms with Crippen LogP contribution >= 0.6 is 11.3 Å². The monoisotopic (exact) mass is 447 g/mol. The van der Waals surface area contributed by atoms with Crippen LogP contribution in [0.3, 0.4) is 0 Å². The van der Waals surface area contributed by atoms with Gasteiger partial charge in [0.1, 0.15) is 5.76 Å². The smallest absolute Gasteiger partial charge is 0.177 e. The van der Waals surface area contributed by atoms with Gasteiger partial charge in [-0.05, 0) is 31.9 Å². The molecule has 0 aromatic carbocycles. The molecule has 0 aliphatic heterocycles. The molecular weight excluding hydrogens is 426 g/mol. The van der Waals surface area contributed by atoms with Gasteiger partial charge in [-0.1, -0.05) is 0 Å². The Bertz CT molecular complexity index is 1460. The Labute approximate surface area is 187 Å². The van der Waals surface area contributed by atoms with Gasteiger partial charge in [-0.3, -0.25) is 9.67 Å². The van der Waals surface area contributed by atoms with Crippen molar-refractivity contribution in [2.75, 3.05) is 5.73 Å². The Kier molecular flexibility index (Phi) is 4.32. The predicted molar refractivity (Wildman–Crippen MR) is 123 cm³/mol. The minimum absolute atomic E-state index is 0.0447. The Hall–Kier alpha value is -3.27. The van der Waals surface area contributed by atoms with Crippen LogP contribution in [-0.4, -0.2) is 42.2 Å². The summed E-state index contributed by atoms with van der Waals surface area (Å²) in [4.78, 5) is 8.57. The number of nitrogens with two attached hydrogens (primary N) is 1. The van der Waals surface area contributed by atoms with E-state index in [1.807, 2.05) is 29.9 Å². The summed E-state index contributed by atoms with van der Waals surface area (Å²) >= 11 is 1.62. The number of hydrogen-bond donors (Lipinski definition) is 3. The van der Waals surface area contributed by atoms with Crippen LogP contribution < -0.4 is 5.73 Å². The highest BCUT2D eigenvalue weighted by molar-refractivity contribution is 7.17. The normalized spacial score (nSPS) is 21.2. The van der Waals surface area contributed by atoms with E-state index in [0.717, 1.165) is 43.6 Å². The van der Waals surface area contributed by atoms with Crippen molar-refractivity contribution >= 4 is 38.2 Å². The van der Waals surface area contributed by atoms with E-state index in [4.69, 9.17) is 10.2 Å². The first-order valence-electron chi connectivity index (χ1n) is 10.4. The lowest BCUT2D eigenvalue weighted by Gasteiger charge is -2.13. The minimum Gasteiger partial charge on any atom is -0.452 e.